The quantitative estimate of drug-likeness (QED) is 0.336. The number of carbonyl (C=O) groups excluding carboxylic acids is 1. The molecule has 0 bridgehead atoms. The smallest absolute Gasteiger partial charge is 0.314 e. The minimum atomic E-state index is -0.762. The van der Waals surface area contributed by atoms with Gasteiger partial charge in [-0.15, -0.1) is 0 Å². The van der Waals surface area contributed by atoms with Gasteiger partial charge < -0.3 is 29.9 Å². The Morgan fingerprint density at radius 2 is 2.00 bits per heavy atom. The summed E-state index contributed by atoms with van der Waals surface area (Å²) in [7, 11) is 0. The summed E-state index contributed by atoms with van der Waals surface area (Å²) in [4.78, 5) is 12.2. The second kappa shape index (κ2) is 10.2. The summed E-state index contributed by atoms with van der Waals surface area (Å²) >= 11 is 0. The number of benzene rings is 1. The lowest BCUT2D eigenvalue weighted by Gasteiger charge is -2.27. The number of carbonyl (C=O) groups is 1. The molecule has 174 valence electrons. The molecule has 0 aliphatic heterocycles. The van der Waals surface area contributed by atoms with Gasteiger partial charge in [-0.1, -0.05) is 20.3 Å². The number of nitrogens with zero attached hydrogens (tertiary/aromatic N) is 1. The number of unbranched alkanes of at least 4 members (excludes halogenated alkanes) is 1. The Kier molecular flexibility index (Phi) is 7.64. The molecule has 4 N–H and O–H groups in total. The maximum atomic E-state index is 12.2. The summed E-state index contributed by atoms with van der Waals surface area (Å²) in [5, 5.41) is 0.985. The van der Waals surface area contributed by atoms with Crippen LogP contribution >= 0.6 is 0 Å². The van der Waals surface area contributed by atoms with Gasteiger partial charge in [-0.2, -0.15) is 0 Å². The van der Waals surface area contributed by atoms with E-state index in [1.807, 2.05) is 18.2 Å². The molecule has 0 aliphatic rings. The van der Waals surface area contributed by atoms with Gasteiger partial charge in [-0.3, -0.25) is 4.79 Å². The average Bonchev–Trinajstić information content (AvgIpc) is 3.34. The SMILES string of the molecule is CCCCn1cc(CC)cc1-c1cc2ccc(OCOC(=O)C(CN)C(C)(C)N)cc2o1. The lowest BCUT2D eigenvalue weighted by Crippen LogP contribution is -2.49. The van der Waals surface area contributed by atoms with Crippen LogP contribution < -0.4 is 16.2 Å². The molecular weight excluding hydrogens is 406 g/mol. The van der Waals surface area contributed by atoms with Gasteiger partial charge >= 0.3 is 5.97 Å². The lowest BCUT2D eigenvalue weighted by atomic mass is 9.89. The van der Waals surface area contributed by atoms with Crippen LogP contribution in [-0.2, 0) is 22.5 Å². The van der Waals surface area contributed by atoms with Gasteiger partial charge in [0.1, 0.15) is 11.3 Å². The number of aromatic nitrogens is 1. The first kappa shape index (κ1) is 23.9. The molecule has 0 radical (unpaired) electrons. The van der Waals surface area contributed by atoms with E-state index in [-0.39, 0.29) is 13.3 Å². The Balaban J connectivity index is 1.72. The fourth-order valence-corrected chi connectivity index (χ4v) is 3.67. The summed E-state index contributed by atoms with van der Waals surface area (Å²) in [6.45, 7) is 8.70. The molecule has 3 aromatic rings. The Morgan fingerprint density at radius 1 is 1.22 bits per heavy atom. The highest BCUT2D eigenvalue weighted by molar-refractivity contribution is 5.83. The van der Waals surface area contributed by atoms with E-state index >= 15 is 0 Å². The van der Waals surface area contributed by atoms with E-state index in [9.17, 15) is 4.79 Å². The molecule has 0 spiro atoms. The molecule has 3 rings (SSSR count). The van der Waals surface area contributed by atoms with Crippen LogP contribution in [0.5, 0.6) is 5.75 Å². The first-order valence-corrected chi connectivity index (χ1v) is 11.3. The number of esters is 1. The standard InChI is InChI=1S/C25H35N3O4/c1-5-7-10-28-15-17(6-2)11-21(28)23-12-18-8-9-19(13-22(18)32-23)30-16-31-24(29)20(14-26)25(3,4)27/h8-9,11-13,15,20H,5-7,10,14,16,26-27H2,1-4H3. The summed E-state index contributed by atoms with van der Waals surface area (Å²) in [6.07, 6.45) is 5.45. The lowest BCUT2D eigenvalue weighted by molar-refractivity contribution is -0.156. The van der Waals surface area contributed by atoms with Crippen LogP contribution in [0.4, 0.5) is 0 Å². The number of furan rings is 1. The van der Waals surface area contributed by atoms with Gasteiger partial charge in [-0.25, -0.2) is 0 Å². The van der Waals surface area contributed by atoms with Crippen LogP contribution in [0.2, 0.25) is 0 Å². The molecule has 2 aromatic heterocycles. The highest BCUT2D eigenvalue weighted by Gasteiger charge is 2.32. The summed E-state index contributed by atoms with van der Waals surface area (Å²) < 4.78 is 19.3. The predicted molar refractivity (Wildman–Crippen MR) is 126 cm³/mol. The maximum absolute atomic E-state index is 12.2. The third-order valence-electron chi connectivity index (χ3n) is 5.70. The van der Waals surface area contributed by atoms with Crippen molar-refractivity contribution >= 4 is 16.9 Å². The molecule has 0 amide bonds. The van der Waals surface area contributed by atoms with E-state index in [2.05, 4.69) is 30.7 Å². The minimum Gasteiger partial charge on any atom is -0.457 e. The van der Waals surface area contributed by atoms with Crippen LogP contribution in [0.15, 0.2) is 40.9 Å². The third-order valence-corrected chi connectivity index (χ3v) is 5.70. The Morgan fingerprint density at radius 3 is 2.66 bits per heavy atom. The van der Waals surface area contributed by atoms with Gasteiger partial charge in [0.15, 0.2) is 5.76 Å². The number of fused-ring (bicyclic) bond motifs is 1. The van der Waals surface area contributed by atoms with Crippen molar-refractivity contribution in [1.82, 2.24) is 4.57 Å². The molecule has 7 nitrogen and oxygen atoms in total. The summed E-state index contributed by atoms with van der Waals surface area (Å²) in [5.74, 6) is 0.313. The van der Waals surface area contributed by atoms with E-state index in [1.165, 1.54) is 5.56 Å². The molecule has 0 saturated carbocycles. The van der Waals surface area contributed by atoms with Gasteiger partial charge in [0.25, 0.3) is 0 Å². The third kappa shape index (κ3) is 5.53. The van der Waals surface area contributed by atoms with Gasteiger partial charge in [0, 0.05) is 36.3 Å². The predicted octanol–water partition coefficient (Wildman–Crippen LogP) is 4.46. The van der Waals surface area contributed by atoms with Crippen LogP contribution in [0.3, 0.4) is 0 Å². The number of aryl methyl sites for hydroxylation is 2. The van der Waals surface area contributed by atoms with Crippen molar-refractivity contribution in [2.45, 2.75) is 59.0 Å². The van der Waals surface area contributed by atoms with Crippen LogP contribution in [0.1, 0.15) is 46.1 Å². The van der Waals surface area contributed by atoms with Crippen molar-refractivity contribution in [3.63, 3.8) is 0 Å². The topological polar surface area (TPSA) is 106 Å². The van der Waals surface area contributed by atoms with E-state index in [4.69, 9.17) is 25.4 Å². The van der Waals surface area contributed by atoms with E-state index in [0.717, 1.165) is 42.6 Å². The monoisotopic (exact) mass is 441 g/mol. The summed E-state index contributed by atoms with van der Waals surface area (Å²) in [6, 6.07) is 9.81. The molecule has 0 fully saturated rings. The summed E-state index contributed by atoms with van der Waals surface area (Å²) in [5.41, 5.74) is 14.0. The second-order valence-corrected chi connectivity index (χ2v) is 8.78. The number of hydrogen-bond acceptors (Lipinski definition) is 6. The first-order valence-electron chi connectivity index (χ1n) is 11.3. The van der Waals surface area contributed by atoms with E-state index < -0.39 is 17.4 Å². The Bertz CT molecular complexity index is 1050. The molecule has 2 heterocycles. The van der Waals surface area contributed by atoms with Crippen molar-refractivity contribution in [2.24, 2.45) is 17.4 Å². The number of nitrogens with two attached hydrogens (primary N) is 2. The number of rotatable bonds is 11. The fourth-order valence-electron chi connectivity index (χ4n) is 3.67. The van der Waals surface area contributed by atoms with Crippen LogP contribution in [0.25, 0.3) is 22.4 Å². The molecule has 1 unspecified atom stereocenters. The Hall–Kier alpha value is -2.77. The van der Waals surface area contributed by atoms with Crippen molar-refractivity contribution in [2.75, 3.05) is 13.3 Å². The molecule has 0 saturated heterocycles. The van der Waals surface area contributed by atoms with Crippen molar-refractivity contribution in [3.05, 3.63) is 42.1 Å². The molecule has 1 atom stereocenters. The largest absolute Gasteiger partial charge is 0.457 e. The van der Waals surface area contributed by atoms with Crippen molar-refractivity contribution in [3.8, 4) is 17.2 Å². The molecule has 0 aliphatic carbocycles. The number of hydrogen-bond donors (Lipinski definition) is 2. The average molecular weight is 442 g/mol. The zero-order valence-electron chi connectivity index (χ0n) is 19.5. The van der Waals surface area contributed by atoms with Crippen molar-refractivity contribution in [1.29, 1.82) is 0 Å². The normalized spacial score (nSPS) is 12.8. The van der Waals surface area contributed by atoms with Gasteiger partial charge in [0.05, 0.1) is 11.6 Å². The molecule has 1 aromatic carbocycles. The zero-order valence-corrected chi connectivity index (χ0v) is 19.5. The Labute approximate surface area is 189 Å². The maximum Gasteiger partial charge on any atom is 0.314 e. The highest BCUT2D eigenvalue weighted by atomic mass is 16.7. The molecular formula is C25H35N3O4. The van der Waals surface area contributed by atoms with Crippen LogP contribution in [-0.4, -0.2) is 29.4 Å². The minimum absolute atomic E-state index is 0.114. The van der Waals surface area contributed by atoms with Gasteiger partial charge in [0.2, 0.25) is 6.79 Å². The van der Waals surface area contributed by atoms with E-state index in [1.54, 1.807) is 19.9 Å². The van der Waals surface area contributed by atoms with Crippen molar-refractivity contribution < 1.29 is 18.7 Å². The first-order chi connectivity index (χ1) is 15.3. The molecule has 32 heavy (non-hydrogen) atoms. The number of ether oxygens (including phenoxy) is 2. The highest BCUT2D eigenvalue weighted by Crippen LogP contribution is 2.32. The van der Waals surface area contributed by atoms with Gasteiger partial charge in [-0.05, 0) is 56.5 Å². The van der Waals surface area contributed by atoms with E-state index in [0.29, 0.717) is 11.3 Å². The van der Waals surface area contributed by atoms with Crippen LogP contribution in [0, 0.1) is 5.92 Å². The zero-order chi connectivity index (χ0) is 23.3. The molecule has 7 heteroatoms. The second-order valence-electron chi connectivity index (χ2n) is 8.78. The fraction of sp³-hybridized carbons (Fsp3) is 0.480.